The molecule has 138 valence electrons. The van der Waals surface area contributed by atoms with E-state index in [1.54, 1.807) is 30.3 Å². The summed E-state index contributed by atoms with van der Waals surface area (Å²) in [7, 11) is -3.59. The lowest BCUT2D eigenvalue weighted by molar-refractivity contribution is -0.156. The molecule has 0 N–H and O–H groups in total. The van der Waals surface area contributed by atoms with Crippen molar-refractivity contribution in [1.82, 2.24) is 15.2 Å². The third-order valence-electron chi connectivity index (χ3n) is 3.16. The lowest BCUT2D eigenvalue weighted by Crippen LogP contribution is -2.29. The van der Waals surface area contributed by atoms with Crippen molar-refractivity contribution in [2.45, 2.75) is 12.7 Å². The molecule has 0 aliphatic carbocycles. The minimum atomic E-state index is -4.74. The Morgan fingerprint density at radius 3 is 2.46 bits per heavy atom. The topological polar surface area (TPSA) is 89.2 Å². The summed E-state index contributed by atoms with van der Waals surface area (Å²) in [6, 6.07) is 8.39. The summed E-state index contributed by atoms with van der Waals surface area (Å²) in [5.41, 5.74) is 0.448. The zero-order chi connectivity index (χ0) is 18.9. The van der Waals surface area contributed by atoms with Crippen LogP contribution in [0.2, 0.25) is 0 Å². The van der Waals surface area contributed by atoms with Crippen LogP contribution in [0, 0.1) is 0 Å². The van der Waals surface area contributed by atoms with E-state index in [1.165, 1.54) is 6.20 Å². The zero-order valence-electron chi connectivity index (χ0n) is 13.1. The predicted molar refractivity (Wildman–Crippen MR) is 87.9 cm³/mol. The summed E-state index contributed by atoms with van der Waals surface area (Å²) in [5.74, 6) is -1.78. The Morgan fingerprint density at radius 1 is 1.19 bits per heavy atom. The number of aromatic nitrogens is 3. The number of rotatable bonds is 5. The van der Waals surface area contributed by atoms with Crippen LogP contribution in [0.25, 0.3) is 10.8 Å². The monoisotopic (exact) mass is 404 g/mol. The van der Waals surface area contributed by atoms with E-state index < -0.39 is 22.1 Å². The van der Waals surface area contributed by atoms with Crippen LogP contribution >= 0.6 is 11.3 Å². The summed E-state index contributed by atoms with van der Waals surface area (Å²) in [6.07, 6.45) is -2.42. The second-order valence-corrected chi connectivity index (χ2v) is 8.16. The first-order valence-electron chi connectivity index (χ1n) is 7.03. The number of benzene rings is 1. The van der Waals surface area contributed by atoms with Gasteiger partial charge in [-0.2, -0.15) is 13.2 Å². The highest BCUT2D eigenvalue weighted by Crippen LogP contribution is 2.32. The Bertz CT molecular complexity index is 1000. The van der Waals surface area contributed by atoms with Gasteiger partial charge in [-0.15, -0.1) is 21.5 Å². The molecule has 1 aromatic carbocycles. The van der Waals surface area contributed by atoms with E-state index in [9.17, 15) is 21.6 Å². The quantitative estimate of drug-likeness (QED) is 0.649. The van der Waals surface area contributed by atoms with E-state index in [0.29, 0.717) is 10.7 Å². The Kier molecular flexibility index (Phi) is 4.71. The average Bonchev–Trinajstić information content (AvgIpc) is 3.21. The first-order chi connectivity index (χ1) is 12.1. The molecule has 2 aromatic heterocycles. The Labute approximate surface area is 150 Å². The largest absolute Gasteiger partial charge is 0.470 e. The molecular weight excluding hydrogens is 393 g/mol. The molecule has 0 unspecified atom stereocenters. The molecule has 3 rings (SSSR count). The van der Waals surface area contributed by atoms with Gasteiger partial charge in [-0.25, -0.2) is 13.4 Å². The fourth-order valence-corrected chi connectivity index (χ4v) is 3.81. The number of thiazole rings is 1. The highest BCUT2D eigenvalue weighted by atomic mass is 32.2. The van der Waals surface area contributed by atoms with E-state index in [-0.39, 0.29) is 17.3 Å². The van der Waals surface area contributed by atoms with Crippen LogP contribution in [0.15, 0.2) is 40.9 Å². The summed E-state index contributed by atoms with van der Waals surface area (Å²) < 4.78 is 67.5. The lowest BCUT2D eigenvalue weighted by Gasteiger charge is -2.21. The van der Waals surface area contributed by atoms with Crippen molar-refractivity contribution in [3.05, 3.63) is 47.4 Å². The van der Waals surface area contributed by atoms with Gasteiger partial charge in [0.25, 0.3) is 5.89 Å². The van der Waals surface area contributed by atoms with Gasteiger partial charge in [-0.3, -0.25) is 4.31 Å². The van der Waals surface area contributed by atoms with Gasteiger partial charge >= 0.3 is 12.1 Å². The molecule has 3 aromatic rings. The molecule has 0 spiro atoms. The van der Waals surface area contributed by atoms with Crippen molar-refractivity contribution in [2.75, 3.05) is 10.6 Å². The molecule has 0 radical (unpaired) electrons. The molecule has 0 saturated heterocycles. The van der Waals surface area contributed by atoms with Crippen LogP contribution in [0.1, 0.15) is 10.9 Å². The number of para-hydroxylation sites is 1. The molecule has 12 heteroatoms. The number of hydrogen-bond acceptors (Lipinski definition) is 7. The fourth-order valence-electron chi connectivity index (χ4n) is 2.04. The van der Waals surface area contributed by atoms with Gasteiger partial charge in [0.05, 0.1) is 24.7 Å². The molecule has 0 amide bonds. The van der Waals surface area contributed by atoms with Crippen molar-refractivity contribution in [2.24, 2.45) is 0 Å². The van der Waals surface area contributed by atoms with Gasteiger partial charge in [-0.1, -0.05) is 18.2 Å². The van der Waals surface area contributed by atoms with Crippen LogP contribution < -0.4 is 4.31 Å². The van der Waals surface area contributed by atoms with E-state index in [2.05, 4.69) is 19.6 Å². The normalized spacial score (nSPS) is 12.3. The van der Waals surface area contributed by atoms with Crippen molar-refractivity contribution in [1.29, 1.82) is 0 Å². The van der Waals surface area contributed by atoms with Crippen molar-refractivity contribution < 1.29 is 26.0 Å². The fraction of sp³-hybridized carbons (Fsp3) is 0.214. The highest BCUT2D eigenvalue weighted by Gasteiger charge is 2.38. The maximum atomic E-state index is 12.5. The maximum Gasteiger partial charge on any atom is 0.470 e. The first kappa shape index (κ1) is 18.3. The number of sulfonamides is 1. The van der Waals surface area contributed by atoms with Gasteiger partial charge in [-0.05, 0) is 12.1 Å². The maximum absolute atomic E-state index is 12.5. The minimum absolute atomic E-state index is 0.0756. The van der Waals surface area contributed by atoms with Crippen molar-refractivity contribution in [3.63, 3.8) is 0 Å². The predicted octanol–water partition coefficient (Wildman–Crippen LogP) is 3.18. The summed E-state index contributed by atoms with van der Waals surface area (Å²) in [4.78, 5) is 4.26. The third-order valence-corrected chi connectivity index (χ3v) is 5.27. The van der Waals surface area contributed by atoms with E-state index in [4.69, 9.17) is 0 Å². The van der Waals surface area contributed by atoms with Gasteiger partial charge in [0, 0.05) is 0 Å². The van der Waals surface area contributed by atoms with Crippen LogP contribution in [0.4, 0.5) is 18.9 Å². The van der Waals surface area contributed by atoms with Gasteiger partial charge < -0.3 is 4.42 Å². The molecule has 0 aliphatic rings. The molecule has 7 nitrogen and oxygen atoms in total. The van der Waals surface area contributed by atoms with Crippen molar-refractivity contribution in [3.8, 4) is 10.8 Å². The van der Waals surface area contributed by atoms with E-state index in [0.717, 1.165) is 21.9 Å². The summed E-state index contributed by atoms with van der Waals surface area (Å²) in [5, 5.41) is 6.67. The minimum Gasteiger partial charge on any atom is -0.412 e. The van der Waals surface area contributed by atoms with Gasteiger partial charge in [0.1, 0.15) is 9.88 Å². The molecule has 26 heavy (non-hydrogen) atoms. The second kappa shape index (κ2) is 6.68. The Balaban J connectivity index is 1.86. The lowest BCUT2D eigenvalue weighted by atomic mass is 10.3. The number of anilines is 1. The average molecular weight is 404 g/mol. The smallest absolute Gasteiger partial charge is 0.412 e. The standard InChI is InChI=1S/C14H11F3N4O3S2/c1-26(22,23)21(9-5-3-2-4-6-9)8-11-18-7-10(25-11)12-19-20-13(24-12)14(15,16)17/h2-7H,8H2,1H3. The third kappa shape index (κ3) is 4.02. The number of hydrogen-bond donors (Lipinski definition) is 0. The van der Waals surface area contributed by atoms with Gasteiger partial charge in [0.2, 0.25) is 10.0 Å². The van der Waals surface area contributed by atoms with Crippen LogP contribution in [0.5, 0.6) is 0 Å². The molecule has 0 saturated carbocycles. The Hall–Kier alpha value is -2.47. The second-order valence-electron chi connectivity index (χ2n) is 5.13. The Morgan fingerprint density at radius 2 is 1.88 bits per heavy atom. The summed E-state index contributed by atoms with van der Waals surface area (Å²) in [6.45, 7) is -0.0756. The van der Waals surface area contributed by atoms with E-state index in [1.807, 2.05) is 0 Å². The van der Waals surface area contributed by atoms with Gasteiger partial charge in [0.15, 0.2) is 0 Å². The van der Waals surface area contributed by atoms with Crippen molar-refractivity contribution >= 4 is 27.0 Å². The summed E-state index contributed by atoms with van der Waals surface area (Å²) >= 11 is 0.968. The first-order valence-corrected chi connectivity index (χ1v) is 9.69. The SMILES string of the molecule is CS(=O)(=O)N(Cc1ncc(-c2nnc(C(F)(F)F)o2)s1)c1ccccc1. The van der Waals surface area contributed by atoms with Crippen LogP contribution in [-0.2, 0) is 22.7 Å². The number of nitrogens with zero attached hydrogens (tertiary/aromatic N) is 4. The van der Waals surface area contributed by atoms with Crippen LogP contribution in [-0.4, -0.2) is 29.9 Å². The number of alkyl halides is 3. The highest BCUT2D eigenvalue weighted by molar-refractivity contribution is 7.92. The molecular formula is C14H11F3N4O3S2. The molecule has 2 heterocycles. The number of halogens is 3. The molecule has 0 fully saturated rings. The van der Waals surface area contributed by atoms with E-state index >= 15 is 0 Å². The molecule has 0 bridgehead atoms. The van der Waals surface area contributed by atoms with Crippen LogP contribution in [0.3, 0.4) is 0 Å². The zero-order valence-corrected chi connectivity index (χ0v) is 14.8. The molecule has 0 atom stereocenters. The molecule has 0 aliphatic heterocycles.